The Bertz CT molecular complexity index is 794. The lowest BCUT2D eigenvalue weighted by Gasteiger charge is -2.16. The van der Waals surface area contributed by atoms with Crippen molar-refractivity contribution in [2.24, 2.45) is 0 Å². The van der Waals surface area contributed by atoms with Crippen LogP contribution in [0, 0.1) is 13.8 Å². The fraction of sp³-hybridized carbons (Fsp3) is 0.381. The summed E-state index contributed by atoms with van der Waals surface area (Å²) >= 11 is 1.45. The van der Waals surface area contributed by atoms with Crippen molar-refractivity contribution in [3.05, 3.63) is 57.3 Å². The molecule has 0 saturated heterocycles. The minimum atomic E-state index is -0.144. The molecule has 1 heterocycles. The molecule has 1 atom stereocenters. The number of aryl methyl sites for hydroxylation is 2. The van der Waals surface area contributed by atoms with E-state index in [1.165, 1.54) is 11.3 Å². The maximum atomic E-state index is 12.1. The van der Waals surface area contributed by atoms with E-state index in [2.05, 4.69) is 5.32 Å². The Morgan fingerprint density at radius 2 is 1.65 bits per heavy atom. The minimum Gasteiger partial charge on any atom is -0.350 e. The third-order valence-electron chi connectivity index (χ3n) is 4.31. The van der Waals surface area contributed by atoms with Gasteiger partial charge in [0.15, 0.2) is 5.78 Å². The lowest BCUT2D eigenvalue weighted by molar-refractivity contribution is -0.125. The van der Waals surface area contributed by atoms with Crippen molar-refractivity contribution in [3.63, 3.8) is 0 Å². The van der Waals surface area contributed by atoms with Gasteiger partial charge in [-0.15, -0.1) is 11.3 Å². The van der Waals surface area contributed by atoms with Gasteiger partial charge in [0.1, 0.15) is 5.78 Å². The van der Waals surface area contributed by atoms with Crippen molar-refractivity contribution >= 4 is 28.8 Å². The summed E-state index contributed by atoms with van der Waals surface area (Å²) in [6, 6.07) is 11.5. The molecule has 4 nitrogen and oxygen atoms in total. The predicted octanol–water partition coefficient (Wildman–Crippen LogP) is 4.55. The number of hydrogen-bond donors (Lipinski definition) is 1. The molecule has 0 aliphatic carbocycles. The number of hydrogen-bond acceptors (Lipinski definition) is 4. The van der Waals surface area contributed by atoms with Gasteiger partial charge in [-0.2, -0.15) is 0 Å². The van der Waals surface area contributed by atoms with Gasteiger partial charge in [0.05, 0.1) is 10.9 Å². The predicted molar refractivity (Wildman–Crippen MR) is 105 cm³/mol. The molecule has 5 heteroatoms. The third-order valence-corrected chi connectivity index (χ3v) is 5.35. The van der Waals surface area contributed by atoms with Crippen LogP contribution < -0.4 is 5.32 Å². The van der Waals surface area contributed by atoms with Crippen LogP contribution in [0.4, 0.5) is 0 Å². The van der Waals surface area contributed by atoms with Gasteiger partial charge in [-0.05, 0) is 44.0 Å². The second-order valence-electron chi connectivity index (χ2n) is 6.52. The molecule has 2 rings (SSSR count). The Labute approximate surface area is 158 Å². The fourth-order valence-electron chi connectivity index (χ4n) is 2.80. The van der Waals surface area contributed by atoms with Crippen molar-refractivity contribution in [1.29, 1.82) is 0 Å². The van der Waals surface area contributed by atoms with Gasteiger partial charge in [0.2, 0.25) is 5.91 Å². The van der Waals surface area contributed by atoms with E-state index in [0.29, 0.717) is 4.88 Å². The van der Waals surface area contributed by atoms with E-state index in [-0.39, 0.29) is 49.2 Å². The zero-order chi connectivity index (χ0) is 19.1. The highest BCUT2D eigenvalue weighted by molar-refractivity contribution is 7.14. The van der Waals surface area contributed by atoms with Crippen LogP contribution >= 0.6 is 11.3 Å². The first kappa shape index (κ1) is 20.0. The van der Waals surface area contributed by atoms with Crippen molar-refractivity contribution in [3.8, 4) is 0 Å². The maximum absolute atomic E-state index is 12.1. The van der Waals surface area contributed by atoms with Crippen LogP contribution in [-0.4, -0.2) is 17.5 Å². The summed E-state index contributed by atoms with van der Waals surface area (Å²) in [6.45, 7) is 5.89. The van der Waals surface area contributed by atoms with Crippen LogP contribution in [0.2, 0.25) is 0 Å². The lowest BCUT2D eigenvalue weighted by atomic mass is 10.0. The summed E-state index contributed by atoms with van der Waals surface area (Å²) in [4.78, 5) is 37.8. The van der Waals surface area contributed by atoms with E-state index in [1.807, 2.05) is 51.1 Å². The SMILES string of the molecule is Cc1ccc(C(=O)CCC(=O)CCC(=O)NC(C)c2ccccc2C)s1. The molecule has 0 aliphatic heterocycles. The van der Waals surface area contributed by atoms with Crippen LogP contribution in [0.25, 0.3) is 0 Å². The summed E-state index contributed by atoms with van der Waals surface area (Å²) in [5.41, 5.74) is 2.20. The van der Waals surface area contributed by atoms with E-state index in [4.69, 9.17) is 0 Å². The second kappa shape index (κ2) is 9.43. The van der Waals surface area contributed by atoms with E-state index in [1.54, 1.807) is 6.07 Å². The topological polar surface area (TPSA) is 63.2 Å². The molecule has 0 fully saturated rings. The van der Waals surface area contributed by atoms with E-state index in [0.717, 1.165) is 16.0 Å². The Morgan fingerprint density at radius 3 is 2.31 bits per heavy atom. The molecular weight excluding hydrogens is 346 g/mol. The largest absolute Gasteiger partial charge is 0.350 e. The highest BCUT2D eigenvalue weighted by Gasteiger charge is 2.14. The van der Waals surface area contributed by atoms with Gasteiger partial charge in [0.25, 0.3) is 0 Å². The third kappa shape index (κ3) is 5.92. The molecule has 1 aromatic carbocycles. The molecule has 0 aliphatic rings. The number of carbonyl (C=O) groups excluding carboxylic acids is 3. The molecule has 0 bridgehead atoms. The van der Waals surface area contributed by atoms with E-state index >= 15 is 0 Å². The summed E-state index contributed by atoms with van der Waals surface area (Å²) in [6.07, 6.45) is 0.723. The van der Waals surface area contributed by atoms with Crippen LogP contribution in [0.1, 0.15) is 64.3 Å². The maximum Gasteiger partial charge on any atom is 0.220 e. The quantitative estimate of drug-likeness (QED) is 0.658. The number of amides is 1. The van der Waals surface area contributed by atoms with Gasteiger partial charge in [-0.25, -0.2) is 0 Å². The zero-order valence-corrected chi connectivity index (χ0v) is 16.3. The number of Topliss-reactive ketones (excluding diaryl/α,β-unsaturated/α-hetero) is 2. The summed E-state index contributed by atoms with van der Waals surface area (Å²) in [5, 5.41) is 2.93. The molecule has 0 spiro atoms. The molecule has 1 unspecified atom stereocenters. The van der Waals surface area contributed by atoms with Gasteiger partial charge in [-0.3, -0.25) is 14.4 Å². The van der Waals surface area contributed by atoms with Crippen LogP contribution in [0.3, 0.4) is 0 Å². The molecule has 1 N–H and O–H groups in total. The van der Waals surface area contributed by atoms with Crippen LogP contribution in [-0.2, 0) is 9.59 Å². The summed E-state index contributed by atoms with van der Waals surface area (Å²) in [7, 11) is 0. The number of carbonyl (C=O) groups is 3. The summed E-state index contributed by atoms with van der Waals surface area (Å²) < 4.78 is 0. The van der Waals surface area contributed by atoms with Crippen LogP contribution in [0.15, 0.2) is 36.4 Å². The second-order valence-corrected chi connectivity index (χ2v) is 7.81. The Balaban J connectivity index is 1.72. The lowest BCUT2D eigenvalue weighted by Crippen LogP contribution is -2.27. The first-order chi connectivity index (χ1) is 12.4. The Kier molecular flexibility index (Phi) is 7.27. The van der Waals surface area contributed by atoms with Crippen molar-refractivity contribution in [2.45, 2.75) is 52.5 Å². The molecule has 0 radical (unpaired) electrons. The van der Waals surface area contributed by atoms with E-state index < -0.39 is 0 Å². The average Bonchev–Trinajstić information content (AvgIpc) is 3.04. The standard InChI is InChI=1S/C21H25NO3S/c1-14-6-4-5-7-18(14)16(3)22-21(25)13-10-17(23)9-11-19(24)20-12-8-15(2)26-20/h4-8,12,16H,9-11,13H2,1-3H3,(H,22,25). The molecular formula is C21H25NO3S. The molecule has 138 valence electrons. The molecule has 1 amide bonds. The first-order valence-corrected chi connectivity index (χ1v) is 9.64. The molecule has 1 aromatic heterocycles. The highest BCUT2D eigenvalue weighted by Crippen LogP contribution is 2.18. The first-order valence-electron chi connectivity index (χ1n) is 8.83. The van der Waals surface area contributed by atoms with Gasteiger partial charge in [-0.1, -0.05) is 24.3 Å². The monoisotopic (exact) mass is 371 g/mol. The van der Waals surface area contributed by atoms with Crippen LogP contribution in [0.5, 0.6) is 0 Å². The fourth-order valence-corrected chi connectivity index (χ4v) is 3.64. The van der Waals surface area contributed by atoms with Gasteiger partial charge >= 0.3 is 0 Å². The Morgan fingerprint density at radius 1 is 0.962 bits per heavy atom. The minimum absolute atomic E-state index is 0.00548. The number of thiophene rings is 1. The van der Waals surface area contributed by atoms with Crippen molar-refractivity contribution < 1.29 is 14.4 Å². The molecule has 0 saturated carbocycles. The van der Waals surface area contributed by atoms with Crippen molar-refractivity contribution in [1.82, 2.24) is 5.32 Å². The number of rotatable bonds is 9. The van der Waals surface area contributed by atoms with Gasteiger partial charge < -0.3 is 5.32 Å². The smallest absolute Gasteiger partial charge is 0.220 e. The summed E-state index contributed by atoms with van der Waals surface area (Å²) in [5.74, 6) is -0.200. The molecule has 26 heavy (non-hydrogen) atoms. The highest BCUT2D eigenvalue weighted by atomic mass is 32.1. The number of ketones is 2. The Hall–Kier alpha value is -2.27. The normalized spacial score (nSPS) is 11.8. The number of nitrogens with one attached hydrogen (secondary N) is 1. The number of benzene rings is 1. The van der Waals surface area contributed by atoms with Gasteiger partial charge in [0, 0.05) is 30.6 Å². The van der Waals surface area contributed by atoms with Crippen molar-refractivity contribution in [2.75, 3.05) is 0 Å². The molecule has 2 aromatic rings. The zero-order valence-electron chi connectivity index (χ0n) is 15.5. The average molecular weight is 372 g/mol. The van der Waals surface area contributed by atoms with E-state index in [9.17, 15) is 14.4 Å².